The number of hydrogen-bond donors (Lipinski definition) is 1. The van der Waals surface area contributed by atoms with E-state index in [1.54, 1.807) is 16.8 Å². The summed E-state index contributed by atoms with van der Waals surface area (Å²) < 4.78 is 1.66. The summed E-state index contributed by atoms with van der Waals surface area (Å²) in [7, 11) is 0. The van der Waals surface area contributed by atoms with Gasteiger partial charge in [0.2, 0.25) is 0 Å². The van der Waals surface area contributed by atoms with E-state index in [9.17, 15) is 0 Å². The first-order valence-corrected chi connectivity index (χ1v) is 5.48. The lowest BCUT2D eigenvalue weighted by atomic mass is 10.1. The van der Waals surface area contributed by atoms with Crippen LogP contribution >= 0.6 is 0 Å². The third kappa shape index (κ3) is 2.13. The molecule has 17 heavy (non-hydrogen) atoms. The molecule has 0 atom stereocenters. The predicted molar refractivity (Wildman–Crippen MR) is 66.8 cm³/mol. The van der Waals surface area contributed by atoms with Gasteiger partial charge in [-0.2, -0.15) is 10.4 Å². The fourth-order valence-electron chi connectivity index (χ4n) is 1.61. The van der Waals surface area contributed by atoms with Crippen LogP contribution in [0.4, 0.5) is 5.82 Å². The fraction of sp³-hybridized carbons (Fsp3) is 0.231. The Morgan fingerprint density at radius 2 is 2.12 bits per heavy atom. The Labute approximate surface area is 100 Å². The highest BCUT2D eigenvalue weighted by molar-refractivity contribution is 5.47. The van der Waals surface area contributed by atoms with Crippen LogP contribution in [-0.2, 0) is 0 Å². The normalized spacial score (nSPS) is 10.5. The van der Waals surface area contributed by atoms with Crippen LogP contribution in [0.3, 0.4) is 0 Å². The molecule has 0 radical (unpaired) electrons. The van der Waals surface area contributed by atoms with Crippen LogP contribution in [-0.4, -0.2) is 9.78 Å². The second-order valence-corrected chi connectivity index (χ2v) is 4.22. The van der Waals surface area contributed by atoms with Crippen molar-refractivity contribution in [1.82, 2.24) is 9.78 Å². The van der Waals surface area contributed by atoms with Crippen molar-refractivity contribution in [3.8, 4) is 11.8 Å². The Balaban J connectivity index is 2.49. The Bertz CT molecular complexity index is 575. The molecule has 86 valence electrons. The van der Waals surface area contributed by atoms with Gasteiger partial charge >= 0.3 is 0 Å². The van der Waals surface area contributed by atoms with Gasteiger partial charge in [0.15, 0.2) is 0 Å². The first-order valence-electron chi connectivity index (χ1n) is 5.48. The van der Waals surface area contributed by atoms with Gasteiger partial charge in [-0.15, -0.1) is 0 Å². The topological polar surface area (TPSA) is 67.6 Å². The minimum Gasteiger partial charge on any atom is -0.384 e. The maximum atomic E-state index is 8.86. The molecule has 0 fully saturated rings. The minimum atomic E-state index is 0.331. The Morgan fingerprint density at radius 1 is 1.35 bits per heavy atom. The molecule has 0 aliphatic rings. The van der Waals surface area contributed by atoms with Gasteiger partial charge in [0, 0.05) is 6.07 Å². The summed E-state index contributed by atoms with van der Waals surface area (Å²) in [5, 5.41) is 13.3. The standard InChI is InChI=1S/C13H14N4/c1-9(2)12-7-13(15)17(16-12)11-5-3-4-10(6-11)8-14/h3-7,9H,15H2,1-2H3. The molecular formula is C13H14N4. The molecule has 0 bridgehead atoms. The number of anilines is 1. The van der Waals surface area contributed by atoms with E-state index in [0.29, 0.717) is 17.3 Å². The van der Waals surface area contributed by atoms with Crippen molar-refractivity contribution in [1.29, 1.82) is 5.26 Å². The van der Waals surface area contributed by atoms with Gasteiger partial charge in [-0.25, -0.2) is 4.68 Å². The van der Waals surface area contributed by atoms with Gasteiger partial charge < -0.3 is 5.73 Å². The SMILES string of the molecule is CC(C)c1cc(N)n(-c2cccc(C#N)c2)n1. The molecular weight excluding hydrogens is 212 g/mol. The zero-order chi connectivity index (χ0) is 12.4. The van der Waals surface area contributed by atoms with Crippen molar-refractivity contribution in [2.24, 2.45) is 0 Å². The van der Waals surface area contributed by atoms with E-state index in [4.69, 9.17) is 11.0 Å². The van der Waals surface area contributed by atoms with Gasteiger partial charge in [0.25, 0.3) is 0 Å². The molecule has 2 rings (SSSR count). The van der Waals surface area contributed by atoms with Crippen molar-refractivity contribution >= 4 is 5.82 Å². The molecule has 0 unspecified atom stereocenters. The van der Waals surface area contributed by atoms with Crippen LogP contribution in [0.1, 0.15) is 31.0 Å². The molecule has 0 spiro atoms. The van der Waals surface area contributed by atoms with E-state index in [2.05, 4.69) is 25.0 Å². The number of rotatable bonds is 2. The highest BCUT2D eigenvalue weighted by Crippen LogP contribution is 2.20. The van der Waals surface area contributed by atoms with Gasteiger partial charge in [-0.3, -0.25) is 0 Å². The van der Waals surface area contributed by atoms with Crippen molar-refractivity contribution in [2.75, 3.05) is 5.73 Å². The molecule has 4 nitrogen and oxygen atoms in total. The molecule has 0 saturated carbocycles. The molecule has 1 aromatic heterocycles. The van der Waals surface area contributed by atoms with Crippen molar-refractivity contribution in [2.45, 2.75) is 19.8 Å². The fourth-order valence-corrected chi connectivity index (χ4v) is 1.61. The van der Waals surface area contributed by atoms with Crippen molar-refractivity contribution < 1.29 is 0 Å². The summed E-state index contributed by atoms with van der Waals surface area (Å²) in [6.45, 7) is 4.13. The molecule has 2 N–H and O–H groups in total. The van der Waals surface area contributed by atoms with E-state index in [-0.39, 0.29) is 0 Å². The molecule has 1 aromatic carbocycles. The average Bonchev–Trinajstić information content (AvgIpc) is 2.72. The zero-order valence-corrected chi connectivity index (χ0v) is 9.88. The molecule has 0 amide bonds. The van der Waals surface area contributed by atoms with Crippen LogP contribution in [0.2, 0.25) is 0 Å². The highest BCUT2D eigenvalue weighted by Gasteiger charge is 2.09. The first kappa shape index (κ1) is 11.2. The maximum absolute atomic E-state index is 8.86. The number of nitriles is 1. The molecule has 1 heterocycles. The van der Waals surface area contributed by atoms with E-state index >= 15 is 0 Å². The van der Waals surface area contributed by atoms with E-state index in [1.807, 2.05) is 18.2 Å². The number of hydrogen-bond acceptors (Lipinski definition) is 3. The first-order chi connectivity index (χ1) is 8.11. The van der Waals surface area contributed by atoms with E-state index in [0.717, 1.165) is 11.4 Å². The number of nitrogens with zero attached hydrogens (tertiary/aromatic N) is 3. The number of nitrogens with two attached hydrogens (primary N) is 1. The van der Waals surface area contributed by atoms with Crippen LogP contribution < -0.4 is 5.73 Å². The van der Waals surface area contributed by atoms with Gasteiger partial charge in [-0.1, -0.05) is 19.9 Å². The molecule has 2 aromatic rings. The van der Waals surface area contributed by atoms with Crippen LogP contribution in [0, 0.1) is 11.3 Å². The van der Waals surface area contributed by atoms with E-state index < -0.39 is 0 Å². The monoisotopic (exact) mass is 226 g/mol. The average molecular weight is 226 g/mol. The summed E-state index contributed by atoms with van der Waals surface area (Å²) in [6, 6.07) is 11.2. The van der Waals surface area contributed by atoms with Crippen molar-refractivity contribution in [3.63, 3.8) is 0 Å². The second kappa shape index (κ2) is 4.30. The van der Waals surface area contributed by atoms with E-state index in [1.165, 1.54) is 0 Å². The molecule has 0 saturated heterocycles. The Kier molecular flexibility index (Phi) is 2.84. The zero-order valence-electron chi connectivity index (χ0n) is 9.88. The summed E-state index contributed by atoms with van der Waals surface area (Å²) in [6.07, 6.45) is 0. The number of nitrogen functional groups attached to an aromatic ring is 1. The summed E-state index contributed by atoms with van der Waals surface area (Å²) >= 11 is 0. The smallest absolute Gasteiger partial charge is 0.127 e. The van der Waals surface area contributed by atoms with Gasteiger partial charge in [0.1, 0.15) is 5.82 Å². The predicted octanol–water partition coefficient (Wildman–Crippen LogP) is 2.45. The second-order valence-electron chi connectivity index (χ2n) is 4.22. The maximum Gasteiger partial charge on any atom is 0.127 e. The van der Waals surface area contributed by atoms with Gasteiger partial charge in [0.05, 0.1) is 23.0 Å². The number of benzene rings is 1. The van der Waals surface area contributed by atoms with Gasteiger partial charge in [-0.05, 0) is 24.1 Å². The third-order valence-electron chi connectivity index (χ3n) is 2.57. The number of aromatic nitrogens is 2. The van der Waals surface area contributed by atoms with Crippen LogP contribution in [0.15, 0.2) is 30.3 Å². The van der Waals surface area contributed by atoms with Crippen LogP contribution in [0.25, 0.3) is 5.69 Å². The third-order valence-corrected chi connectivity index (χ3v) is 2.57. The Hall–Kier alpha value is -2.28. The lowest BCUT2D eigenvalue weighted by Gasteiger charge is -2.04. The quantitative estimate of drug-likeness (QED) is 0.855. The largest absolute Gasteiger partial charge is 0.384 e. The minimum absolute atomic E-state index is 0.331. The molecule has 0 aliphatic heterocycles. The lowest BCUT2D eigenvalue weighted by Crippen LogP contribution is -2.02. The van der Waals surface area contributed by atoms with Crippen molar-refractivity contribution in [3.05, 3.63) is 41.6 Å². The van der Waals surface area contributed by atoms with Crippen LogP contribution in [0.5, 0.6) is 0 Å². The Morgan fingerprint density at radius 3 is 2.71 bits per heavy atom. The summed E-state index contributed by atoms with van der Waals surface area (Å²) in [4.78, 5) is 0. The summed E-state index contributed by atoms with van der Waals surface area (Å²) in [5.41, 5.74) is 8.28. The highest BCUT2D eigenvalue weighted by atomic mass is 15.3. The summed E-state index contributed by atoms with van der Waals surface area (Å²) in [5.74, 6) is 0.918. The molecule has 4 heteroatoms. The molecule has 0 aliphatic carbocycles. The lowest BCUT2D eigenvalue weighted by molar-refractivity contribution is 0.771.